The third-order valence-corrected chi connectivity index (χ3v) is 7.76. The molecule has 2 aromatic carbocycles. The van der Waals surface area contributed by atoms with Crippen LogP contribution in [0.3, 0.4) is 0 Å². The van der Waals surface area contributed by atoms with E-state index in [1.54, 1.807) is 22.5 Å². The van der Waals surface area contributed by atoms with Gasteiger partial charge in [0.25, 0.3) is 0 Å². The molecule has 118 valence electrons. The van der Waals surface area contributed by atoms with Gasteiger partial charge in [0.1, 0.15) is 3.82 Å². The first kappa shape index (κ1) is 16.8. The molecule has 0 aliphatic heterocycles. The minimum atomic E-state index is -3.19. The zero-order valence-corrected chi connectivity index (χ0v) is 16.0. The minimum absolute atomic E-state index is 0.313. The summed E-state index contributed by atoms with van der Waals surface area (Å²) in [5.74, 6) is 0. The lowest BCUT2D eigenvalue weighted by molar-refractivity contribution is 0.602. The van der Waals surface area contributed by atoms with Crippen molar-refractivity contribution in [2.24, 2.45) is 0 Å². The zero-order valence-electron chi connectivity index (χ0n) is 11.9. The van der Waals surface area contributed by atoms with E-state index in [-0.39, 0.29) is 0 Å². The molecule has 0 spiro atoms. The quantitative estimate of drug-likeness (QED) is 0.405. The van der Waals surface area contributed by atoms with E-state index in [1.165, 1.54) is 16.6 Å². The van der Waals surface area contributed by atoms with Crippen LogP contribution in [0.1, 0.15) is 0 Å². The van der Waals surface area contributed by atoms with Gasteiger partial charge in [-0.25, -0.2) is 8.42 Å². The number of sulfone groups is 1. The molecular formula is C16H11ClO2S4. The molecule has 0 radical (unpaired) electrons. The molecule has 0 fully saturated rings. The summed E-state index contributed by atoms with van der Waals surface area (Å²) in [5.41, 5.74) is 2.97. The summed E-state index contributed by atoms with van der Waals surface area (Å²) < 4.78 is 24.0. The van der Waals surface area contributed by atoms with E-state index in [9.17, 15) is 8.42 Å². The van der Waals surface area contributed by atoms with Crippen molar-refractivity contribution in [2.75, 3.05) is 6.26 Å². The van der Waals surface area contributed by atoms with Crippen molar-refractivity contribution in [1.29, 1.82) is 0 Å². The predicted molar refractivity (Wildman–Crippen MR) is 102 cm³/mol. The van der Waals surface area contributed by atoms with E-state index in [2.05, 4.69) is 0 Å². The second-order valence-corrected chi connectivity index (χ2v) is 10.2. The van der Waals surface area contributed by atoms with Crippen LogP contribution in [0.5, 0.6) is 0 Å². The average molecular weight is 399 g/mol. The van der Waals surface area contributed by atoms with E-state index >= 15 is 0 Å². The van der Waals surface area contributed by atoms with Gasteiger partial charge in [0, 0.05) is 16.8 Å². The van der Waals surface area contributed by atoms with Crippen molar-refractivity contribution in [2.45, 2.75) is 4.90 Å². The van der Waals surface area contributed by atoms with E-state index in [0.29, 0.717) is 9.92 Å². The Bertz CT molecular complexity index is 997. The molecule has 2 nitrogen and oxygen atoms in total. The summed E-state index contributed by atoms with van der Waals surface area (Å²) in [4.78, 5) is 1.36. The summed E-state index contributed by atoms with van der Waals surface area (Å²) in [5, 5.41) is 0.678. The van der Waals surface area contributed by atoms with Gasteiger partial charge in [-0.3, -0.25) is 0 Å². The highest BCUT2D eigenvalue weighted by Crippen LogP contribution is 2.41. The number of hydrogen-bond acceptors (Lipinski definition) is 5. The van der Waals surface area contributed by atoms with Crippen LogP contribution in [0.15, 0.2) is 53.4 Å². The lowest BCUT2D eigenvalue weighted by Crippen LogP contribution is -1.96. The fourth-order valence-electron chi connectivity index (χ4n) is 2.17. The molecule has 1 aromatic heterocycles. The van der Waals surface area contributed by atoms with Crippen LogP contribution >= 0.6 is 44.5 Å². The number of halogens is 1. The number of hydrogen-bond donors (Lipinski definition) is 0. The van der Waals surface area contributed by atoms with Gasteiger partial charge in [0.15, 0.2) is 9.84 Å². The largest absolute Gasteiger partial charge is 0.224 e. The predicted octanol–water partition coefficient (Wildman–Crippen LogP) is 5.93. The Labute approximate surface area is 152 Å². The highest BCUT2D eigenvalue weighted by Gasteiger charge is 2.14. The highest BCUT2D eigenvalue weighted by molar-refractivity contribution is 7.90. The number of rotatable bonds is 3. The van der Waals surface area contributed by atoms with Gasteiger partial charge in [0.05, 0.1) is 9.77 Å². The van der Waals surface area contributed by atoms with Gasteiger partial charge in [0.2, 0.25) is 0 Å². The first-order valence-electron chi connectivity index (χ1n) is 6.56. The van der Waals surface area contributed by atoms with Crippen molar-refractivity contribution in [3.63, 3.8) is 0 Å². The van der Waals surface area contributed by atoms with Gasteiger partial charge in [-0.15, -0.1) is 0 Å². The van der Waals surface area contributed by atoms with Gasteiger partial charge < -0.3 is 0 Å². The molecule has 0 saturated carbocycles. The topological polar surface area (TPSA) is 34.1 Å². The Kier molecular flexibility index (Phi) is 4.71. The second kappa shape index (κ2) is 6.45. The summed E-state index contributed by atoms with van der Waals surface area (Å²) in [7, 11) is -0.0562. The third kappa shape index (κ3) is 3.56. The summed E-state index contributed by atoms with van der Waals surface area (Å²) in [6.45, 7) is 0. The molecular weight excluding hydrogens is 388 g/mol. The van der Waals surface area contributed by atoms with Crippen molar-refractivity contribution < 1.29 is 8.42 Å². The monoisotopic (exact) mass is 398 g/mol. The Morgan fingerprint density at radius 2 is 1.48 bits per heavy atom. The molecule has 1 heterocycles. The average Bonchev–Trinajstić information content (AvgIpc) is 2.89. The standard InChI is InChI=1S/C16H11ClO2S4/c1-23(18,19)13-8-4-11(5-9-13)15-14(16(20)22-21-15)10-2-6-12(17)7-3-10/h2-9H,1H3. The van der Waals surface area contributed by atoms with Crippen LogP contribution in [0, 0.1) is 3.82 Å². The van der Waals surface area contributed by atoms with E-state index in [1.807, 2.05) is 36.4 Å². The maximum atomic E-state index is 11.6. The fourth-order valence-corrected chi connectivity index (χ4v) is 5.84. The van der Waals surface area contributed by atoms with E-state index in [0.717, 1.165) is 25.4 Å². The van der Waals surface area contributed by atoms with Crippen LogP contribution in [-0.2, 0) is 9.84 Å². The molecule has 0 N–H and O–H groups in total. The Morgan fingerprint density at radius 3 is 2.04 bits per heavy atom. The maximum Gasteiger partial charge on any atom is 0.175 e. The fraction of sp³-hybridized carbons (Fsp3) is 0.0625. The zero-order chi connectivity index (χ0) is 16.6. The van der Waals surface area contributed by atoms with Crippen LogP contribution in [0.25, 0.3) is 21.6 Å². The van der Waals surface area contributed by atoms with Crippen LogP contribution < -0.4 is 0 Å². The van der Waals surface area contributed by atoms with Crippen LogP contribution in [0.2, 0.25) is 5.02 Å². The number of benzene rings is 2. The molecule has 3 rings (SSSR count). The first-order valence-corrected chi connectivity index (χ1v) is 11.4. The molecule has 0 aliphatic rings. The SMILES string of the molecule is CS(=O)(=O)c1ccc(-c2ssc(=S)c2-c2ccc(Cl)cc2)cc1. The molecule has 0 bridgehead atoms. The lowest BCUT2D eigenvalue weighted by Gasteiger charge is -2.05. The third-order valence-electron chi connectivity index (χ3n) is 3.31. The van der Waals surface area contributed by atoms with Crippen molar-refractivity contribution in [3.8, 4) is 21.6 Å². The molecule has 0 aliphatic carbocycles. The normalized spacial score (nSPS) is 11.6. The summed E-state index contributed by atoms with van der Waals surface area (Å²) in [6, 6.07) is 14.5. The maximum absolute atomic E-state index is 11.6. The molecule has 0 saturated heterocycles. The molecule has 7 heteroatoms. The Morgan fingerprint density at radius 1 is 0.913 bits per heavy atom. The summed E-state index contributed by atoms with van der Waals surface area (Å²) in [6.07, 6.45) is 1.20. The Balaban J connectivity index is 2.12. The molecule has 0 unspecified atom stereocenters. The molecule has 0 amide bonds. The van der Waals surface area contributed by atoms with E-state index in [4.69, 9.17) is 23.8 Å². The lowest BCUT2D eigenvalue weighted by atomic mass is 10.0. The van der Waals surface area contributed by atoms with Crippen LogP contribution in [-0.4, -0.2) is 14.7 Å². The second-order valence-electron chi connectivity index (χ2n) is 4.96. The van der Waals surface area contributed by atoms with Gasteiger partial charge >= 0.3 is 0 Å². The van der Waals surface area contributed by atoms with Crippen molar-refractivity contribution in [1.82, 2.24) is 0 Å². The first-order chi connectivity index (χ1) is 10.9. The minimum Gasteiger partial charge on any atom is -0.224 e. The molecule has 0 atom stereocenters. The molecule has 23 heavy (non-hydrogen) atoms. The van der Waals surface area contributed by atoms with Gasteiger partial charge in [-0.2, -0.15) is 0 Å². The smallest absolute Gasteiger partial charge is 0.175 e. The van der Waals surface area contributed by atoms with Gasteiger partial charge in [-0.1, -0.05) is 68.8 Å². The molecule has 3 aromatic rings. The Hall–Kier alpha value is -1.05. The van der Waals surface area contributed by atoms with Crippen molar-refractivity contribution >= 4 is 54.3 Å². The van der Waals surface area contributed by atoms with Gasteiger partial charge in [-0.05, 0) is 35.4 Å². The van der Waals surface area contributed by atoms with Crippen molar-refractivity contribution in [3.05, 3.63) is 57.4 Å². The highest BCUT2D eigenvalue weighted by atomic mass is 35.5. The summed E-state index contributed by atoms with van der Waals surface area (Å²) >= 11 is 11.4. The van der Waals surface area contributed by atoms with Crippen LogP contribution in [0.4, 0.5) is 0 Å². The van der Waals surface area contributed by atoms with E-state index < -0.39 is 9.84 Å².